The van der Waals surface area contributed by atoms with E-state index >= 15 is 0 Å². The van der Waals surface area contributed by atoms with Crippen LogP contribution in [0.4, 0.5) is 0 Å². The molecule has 0 rings (SSSR count). The molecular formula is C68H123NO3. The minimum atomic E-state index is -0.664. The van der Waals surface area contributed by atoms with Gasteiger partial charge < -0.3 is 15.5 Å². The molecule has 2 atom stereocenters. The van der Waals surface area contributed by atoms with Gasteiger partial charge in [0.15, 0.2) is 0 Å². The number of aliphatic hydroxyl groups excluding tert-OH is 2. The Morgan fingerprint density at radius 2 is 0.611 bits per heavy atom. The Bertz CT molecular complexity index is 1270. The van der Waals surface area contributed by atoms with Gasteiger partial charge in [0.2, 0.25) is 5.91 Å². The van der Waals surface area contributed by atoms with Crippen molar-refractivity contribution in [3.05, 3.63) is 85.1 Å². The van der Waals surface area contributed by atoms with Crippen LogP contribution >= 0.6 is 0 Å². The Hall–Kier alpha value is -2.43. The van der Waals surface area contributed by atoms with Gasteiger partial charge in [0.25, 0.3) is 0 Å². The highest BCUT2D eigenvalue weighted by Gasteiger charge is 2.20. The minimum absolute atomic E-state index is 0.0296. The summed E-state index contributed by atoms with van der Waals surface area (Å²) in [7, 11) is 0. The molecule has 0 heterocycles. The van der Waals surface area contributed by atoms with Crippen LogP contribution < -0.4 is 5.32 Å². The van der Waals surface area contributed by atoms with Crippen molar-refractivity contribution >= 4 is 5.91 Å². The molecule has 0 radical (unpaired) electrons. The van der Waals surface area contributed by atoms with Crippen LogP contribution in [0.25, 0.3) is 0 Å². The molecule has 4 nitrogen and oxygen atoms in total. The molecule has 418 valence electrons. The summed E-state index contributed by atoms with van der Waals surface area (Å²) in [5.41, 5.74) is 0. The van der Waals surface area contributed by atoms with Gasteiger partial charge in [0.05, 0.1) is 18.8 Å². The molecule has 0 fully saturated rings. The quantitative estimate of drug-likeness (QED) is 0.0420. The van der Waals surface area contributed by atoms with Crippen molar-refractivity contribution in [2.75, 3.05) is 6.61 Å². The second kappa shape index (κ2) is 62.9. The normalized spacial score (nSPS) is 13.3. The molecule has 0 saturated carbocycles. The van der Waals surface area contributed by atoms with Crippen LogP contribution in [0.1, 0.15) is 322 Å². The van der Waals surface area contributed by atoms with Crippen LogP contribution in [0.2, 0.25) is 0 Å². The third-order valence-corrected chi connectivity index (χ3v) is 14.4. The lowest BCUT2D eigenvalue weighted by atomic mass is 10.0. The maximum atomic E-state index is 12.5. The topological polar surface area (TPSA) is 69.6 Å². The van der Waals surface area contributed by atoms with Crippen molar-refractivity contribution in [1.82, 2.24) is 5.32 Å². The summed E-state index contributed by atoms with van der Waals surface area (Å²) >= 11 is 0. The summed E-state index contributed by atoms with van der Waals surface area (Å²) < 4.78 is 0. The van der Waals surface area contributed by atoms with E-state index in [4.69, 9.17) is 0 Å². The maximum absolute atomic E-state index is 12.5. The van der Waals surface area contributed by atoms with Gasteiger partial charge in [-0.25, -0.2) is 0 Å². The van der Waals surface area contributed by atoms with Crippen molar-refractivity contribution in [2.24, 2.45) is 0 Å². The zero-order valence-corrected chi connectivity index (χ0v) is 48.2. The third kappa shape index (κ3) is 58.5. The van der Waals surface area contributed by atoms with E-state index in [2.05, 4.69) is 104 Å². The first kappa shape index (κ1) is 69.6. The number of amides is 1. The summed E-state index contributed by atoms with van der Waals surface area (Å²) in [6.45, 7) is 4.27. The molecule has 1 amide bonds. The highest BCUT2D eigenvalue weighted by molar-refractivity contribution is 5.76. The first-order chi connectivity index (χ1) is 35.7. The van der Waals surface area contributed by atoms with E-state index in [1.165, 1.54) is 225 Å². The third-order valence-electron chi connectivity index (χ3n) is 14.4. The molecule has 0 spiro atoms. The molecule has 0 aliphatic carbocycles. The number of nitrogens with one attached hydrogen (secondary N) is 1. The minimum Gasteiger partial charge on any atom is -0.394 e. The van der Waals surface area contributed by atoms with Crippen LogP contribution in [0.15, 0.2) is 85.1 Å². The molecule has 72 heavy (non-hydrogen) atoms. The van der Waals surface area contributed by atoms with Gasteiger partial charge in [-0.3, -0.25) is 4.79 Å². The number of allylic oxidation sites excluding steroid dienone is 14. The van der Waals surface area contributed by atoms with E-state index in [0.29, 0.717) is 12.8 Å². The SMILES string of the molecule is CC/C=C\C/C=C\C/C=C\C/C=C\C/C=C\C/C=C\C/C=C\CCCCCCCCCCCCCCCCCC(=O)NC(CO)C(O)CCCCCCCCCCCCCCCCCCCCCCCCC. The van der Waals surface area contributed by atoms with E-state index in [9.17, 15) is 15.0 Å². The van der Waals surface area contributed by atoms with E-state index in [-0.39, 0.29) is 12.5 Å². The Morgan fingerprint density at radius 1 is 0.347 bits per heavy atom. The monoisotopic (exact) mass is 1000 g/mol. The van der Waals surface area contributed by atoms with Crippen LogP contribution in [0.5, 0.6) is 0 Å². The Balaban J connectivity index is 3.47. The summed E-state index contributed by atoms with van der Waals surface area (Å²) in [5.74, 6) is -0.0296. The number of aliphatic hydroxyl groups is 2. The number of carbonyl (C=O) groups excluding carboxylic acids is 1. The largest absolute Gasteiger partial charge is 0.394 e. The molecular weight excluding hydrogens is 879 g/mol. The van der Waals surface area contributed by atoms with Gasteiger partial charge in [0, 0.05) is 6.42 Å². The van der Waals surface area contributed by atoms with E-state index < -0.39 is 12.1 Å². The van der Waals surface area contributed by atoms with E-state index in [1.807, 2.05) is 0 Å². The molecule has 0 aromatic carbocycles. The van der Waals surface area contributed by atoms with E-state index in [0.717, 1.165) is 70.6 Å². The number of unbranched alkanes of at least 4 members (excludes halogenated alkanes) is 37. The van der Waals surface area contributed by atoms with Crippen LogP contribution in [0, 0.1) is 0 Å². The summed E-state index contributed by atoms with van der Waals surface area (Å²) in [4.78, 5) is 12.5. The predicted octanol–water partition coefficient (Wildman–Crippen LogP) is 21.5. The summed E-state index contributed by atoms with van der Waals surface area (Å²) in [6, 6.07) is -0.541. The van der Waals surface area contributed by atoms with Crippen molar-refractivity contribution in [3.8, 4) is 0 Å². The molecule has 0 saturated heterocycles. The maximum Gasteiger partial charge on any atom is 0.220 e. The van der Waals surface area contributed by atoms with Gasteiger partial charge in [0.1, 0.15) is 0 Å². The van der Waals surface area contributed by atoms with Crippen LogP contribution in [-0.4, -0.2) is 34.9 Å². The lowest BCUT2D eigenvalue weighted by Crippen LogP contribution is -2.45. The van der Waals surface area contributed by atoms with E-state index in [1.54, 1.807) is 0 Å². The number of hydrogen-bond acceptors (Lipinski definition) is 3. The van der Waals surface area contributed by atoms with Gasteiger partial charge in [-0.05, 0) is 70.6 Å². The fourth-order valence-electron chi connectivity index (χ4n) is 9.64. The zero-order chi connectivity index (χ0) is 52.0. The second-order valence-electron chi connectivity index (χ2n) is 21.5. The van der Waals surface area contributed by atoms with Gasteiger partial charge in [-0.2, -0.15) is 0 Å². The average molecular weight is 1000 g/mol. The Labute approximate surface area is 450 Å². The number of carbonyl (C=O) groups is 1. The second-order valence-corrected chi connectivity index (χ2v) is 21.5. The highest BCUT2D eigenvalue weighted by Crippen LogP contribution is 2.18. The van der Waals surface area contributed by atoms with Crippen LogP contribution in [-0.2, 0) is 4.79 Å². The molecule has 0 aliphatic rings. The standard InChI is InChI=1S/C68H123NO3/c1-3-5-7-9-11-13-15-17-19-21-23-25-27-28-29-30-31-32-33-34-35-36-37-38-39-40-42-44-46-48-50-52-54-56-58-60-62-64-68(72)69-66(65-70)67(71)63-61-59-57-55-53-51-49-47-45-43-41-26-24-22-20-18-16-14-12-10-8-6-4-2/h5,7,11,13,17,19,23,25,28-29,31-32,34-35,66-67,70-71H,3-4,6,8-10,12,14-16,18,20-22,24,26-27,30,33,36-65H2,1-2H3,(H,69,72)/b7-5-,13-11-,19-17-,25-23-,29-28-,32-31-,35-34-. The lowest BCUT2D eigenvalue weighted by molar-refractivity contribution is -0.123. The van der Waals surface area contributed by atoms with Crippen molar-refractivity contribution < 1.29 is 15.0 Å². The first-order valence-corrected chi connectivity index (χ1v) is 31.8. The molecule has 0 aromatic heterocycles. The van der Waals surface area contributed by atoms with Crippen LogP contribution in [0.3, 0.4) is 0 Å². The van der Waals surface area contributed by atoms with Crippen molar-refractivity contribution in [1.29, 1.82) is 0 Å². The number of hydrogen-bond donors (Lipinski definition) is 3. The molecule has 0 aliphatic heterocycles. The Morgan fingerprint density at radius 3 is 0.917 bits per heavy atom. The van der Waals surface area contributed by atoms with Gasteiger partial charge in [-0.1, -0.05) is 330 Å². The summed E-state index contributed by atoms with van der Waals surface area (Å²) in [6.07, 6.45) is 91.7. The predicted molar refractivity (Wildman–Crippen MR) is 322 cm³/mol. The number of rotatable bonds is 58. The fourth-order valence-corrected chi connectivity index (χ4v) is 9.64. The first-order valence-electron chi connectivity index (χ1n) is 31.8. The Kier molecular flexibility index (Phi) is 60.7. The molecule has 0 aromatic rings. The van der Waals surface area contributed by atoms with Gasteiger partial charge >= 0.3 is 0 Å². The highest BCUT2D eigenvalue weighted by atomic mass is 16.3. The summed E-state index contributed by atoms with van der Waals surface area (Å²) in [5, 5.41) is 23.4. The molecule has 3 N–H and O–H groups in total. The molecule has 4 heteroatoms. The smallest absolute Gasteiger partial charge is 0.220 e. The molecule has 2 unspecified atom stereocenters. The van der Waals surface area contributed by atoms with Crippen molar-refractivity contribution in [3.63, 3.8) is 0 Å². The molecule has 0 bridgehead atoms. The fraction of sp³-hybridized carbons (Fsp3) is 0.779. The average Bonchev–Trinajstić information content (AvgIpc) is 3.39. The zero-order valence-electron chi connectivity index (χ0n) is 48.2. The van der Waals surface area contributed by atoms with Crippen molar-refractivity contribution in [2.45, 2.75) is 334 Å². The van der Waals surface area contributed by atoms with Gasteiger partial charge in [-0.15, -0.1) is 0 Å². The lowest BCUT2D eigenvalue weighted by Gasteiger charge is -2.22.